The van der Waals surface area contributed by atoms with E-state index >= 15 is 0 Å². The third-order valence-corrected chi connectivity index (χ3v) is 2.67. The van der Waals surface area contributed by atoms with Crippen molar-refractivity contribution >= 4 is 17.3 Å². The Morgan fingerprint density at radius 3 is 2.83 bits per heavy atom. The molecule has 0 radical (unpaired) electrons. The molecule has 1 aliphatic heterocycles. The van der Waals surface area contributed by atoms with Crippen LogP contribution in [-0.2, 0) is 9.53 Å². The summed E-state index contributed by atoms with van der Waals surface area (Å²) >= 11 is 0. The zero-order valence-electron chi connectivity index (χ0n) is 10.4. The fraction of sp³-hybridized carbons (Fsp3) is 0.417. The predicted octanol–water partition coefficient (Wildman–Crippen LogP) is 1.22. The van der Waals surface area contributed by atoms with Crippen LogP contribution in [-0.4, -0.2) is 26.4 Å². The van der Waals surface area contributed by atoms with Gasteiger partial charge in [0.25, 0.3) is 0 Å². The van der Waals surface area contributed by atoms with Gasteiger partial charge < -0.3 is 25.3 Å². The number of hydrogen-bond acceptors (Lipinski definition) is 5. The molecule has 0 saturated carbocycles. The summed E-state index contributed by atoms with van der Waals surface area (Å²) in [6.07, 6.45) is 0. The van der Waals surface area contributed by atoms with Gasteiger partial charge in [-0.15, -0.1) is 0 Å². The summed E-state index contributed by atoms with van der Waals surface area (Å²) in [5, 5.41) is 2.74. The Balaban J connectivity index is 2.12. The molecule has 0 bridgehead atoms. The number of anilines is 2. The molecule has 2 rings (SSSR count). The van der Waals surface area contributed by atoms with E-state index < -0.39 is 0 Å². The third kappa shape index (κ3) is 2.48. The highest BCUT2D eigenvalue weighted by molar-refractivity contribution is 5.96. The highest BCUT2D eigenvalue weighted by Crippen LogP contribution is 2.38. The van der Waals surface area contributed by atoms with Gasteiger partial charge in [0.05, 0.1) is 23.9 Å². The lowest BCUT2D eigenvalue weighted by Crippen LogP contribution is -2.24. The maximum Gasteiger partial charge on any atom is 0.231 e. The molecule has 98 valence electrons. The molecule has 6 nitrogen and oxygen atoms in total. The molecule has 0 aliphatic carbocycles. The number of rotatable bonds is 4. The number of benzene rings is 1. The Kier molecular flexibility index (Phi) is 3.57. The summed E-state index contributed by atoms with van der Waals surface area (Å²) < 4.78 is 15.4. The molecule has 1 amide bonds. The number of fused-ring (bicyclic) bond motifs is 1. The molecule has 1 aromatic rings. The summed E-state index contributed by atoms with van der Waals surface area (Å²) in [5.74, 6) is 0.775. The topological polar surface area (TPSA) is 82.8 Å². The molecular formula is C12H16N2O4. The minimum absolute atomic E-state index is 0.151. The van der Waals surface area contributed by atoms with Crippen LogP contribution in [0.4, 0.5) is 11.4 Å². The second-order valence-corrected chi connectivity index (χ2v) is 4.14. The van der Waals surface area contributed by atoms with Crippen LogP contribution in [0.3, 0.4) is 0 Å². The fourth-order valence-electron chi connectivity index (χ4n) is 1.65. The van der Waals surface area contributed by atoms with Gasteiger partial charge in [0.2, 0.25) is 12.7 Å². The lowest BCUT2D eigenvalue weighted by molar-refractivity contribution is -0.120. The number of nitrogen functional groups attached to an aromatic ring is 1. The monoisotopic (exact) mass is 252 g/mol. The smallest absolute Gasteiger partial charge is 0.231 e. The van der Waals surface area contributed by atoms with Gasteiger partial charge in [-0.1, -0.05) is 6.92 Å². The number of carbonyl (C=O) groups excluding carboxylic acids is 1. The van der Waals surface area contributed by atoms with Crippen molar-refractivity contribution in [1.29, 1.82) is 0 Å². The summed E-state index contributed by atoms with van der Waals surface area (Å²) in [5.41, 5.74) is 6.80. The van der Waals surface area contributed by atoms with Crippen molar-refractivity contribution < 1.29 is 19.0 Å². The Bertz CT molecular complexity index is 462. The van der Waals surface area contributed by atoms with Crippen LogP contribution in [0.15, 0.2) is 12.1 Å². The SMILES string of the molecule is COCC(C)C(=O)Nc1cc2c(cc1N)OCO2. The Labute approximate surface area is 105 Å². The van der Waals surface area contributed by atoms with Gasteiger partial charge in [-0.3, -0.25) is 4.79 Å². The molecule has 3 N–H and O–H groups in total. The molecule has 0 aromatic heterocycles. The van der Waals surface area contributed by atoms with Crippen LogP contribution in [0.25, 0.3) is 0 Å². The van der Waals surface area contributed by atoms with E-state index in [4.69, 9.17) is 19.9 Å². The van der Waals surface area contributed by atoms with E-state index in [2.05, 4.69) is 5.32 Å². The van der Waals surface area contributed by atoms with Crippen LogP contribution in [0.5, 0.6) is 11.5 Å². The molecule has 1 atom stereocenters. The van der Waals surface area contributed by atoms with Crippen molar-refractivity contribution in [1.82, 2.24) is 0 Å². The molecule has 0 fully saturated rings. The van der Waals surface area contributed by atoms with Crippen LogP contribution >= 0.6 is 0 Å². The lowest BCUT2D eigenvalue weighted by Gasteiger charge is -2.13. The molecule has 1 unspecified atom stereocenters. The summed E-state index contributed by atoms with van der Waals surface area (Å²) in [7, 11) is 1.55. The summed E-state index contributed by atoms with van der Waals surface area (Å²) in [6, 6.07) is 3.30. The van der Waals surface area contributed by atoms with Gasteiger partial charge in [-0.2, -0.15) is 0 Å². The third-order valence-electron chi connectivity index (χ3n) is 2.67. The van der Waals surface area contributed by atoms with E-state index in [0.717, 1.165) is 0 Å². The molecule has 0 saturated heterocycles. The van der Waals surface area contributed by atoms with Gasteiger partial charge in [0.1, 0.15) is 0 Å². The van der Waals surface area contributed by atoms with Crippen molar-refractivity contribution in [3.05, 3.63) is 12.1 Å². The van der Waals surface area contributed by atoms with Crippen LogP contribution in [0, 0.1) is 5.92 Å². The zero-order valence-corrected chi connectivity index (χ0v) is 10.4. The number of nitrogens with one attached hydrogen (secondary N) is 1. The van der Waals surface area contributed by atoms with E-state index in [1.54, 1.807) is 26.2 Å². The van der Waals surface area contributed by atoms with Gasteiger partial charge in [0.15, 0.2) is 11.5 Å². The van der Waals surface area contributed by atoms with Crippen LogP contribution < -0.4 is 20.5 Å². The van der Waals surface area contributed by atoms with Crippen LogP contribution in [0.2, 0.25) is 0 Å². The first kappa shape index (κ1) is 12.5. The standard InChI is InChI=1S/C12H16N2O4/c1-7(5-16-2)12(15)14-9-4-11-10(3-8(9)13)17-6-18-11/h3-4,7H,5-6,13H2,1-2H3,(H,14,15). The number of ether oxygens (including phenoxy) is 3. The summed E-state index contributed by atoms with van der Waals surface area (Å²) in [4.78, 5) is 11.8. The quantitative estimate of drug-likeness (QED) is 0.787. The molecule has 0 spiro atoms. The number of methoxy groups -OCH3 is 1. The van der Waals surface area contributed by atoms with E-state index in [0.29, 0.717) is 29.5 Å². The minimum atomic E-state index is -0.250. The molecule has 1 aliphatic rings. The second kappa shape index (κ2) is 5.14. The molecular weight excluding hydrogens is 236 g/mol. The van der Waals surface area contributed by atoms with Crippen molar-refractivity contribution in [3.8, 4) is 11.5 Å². The van der Waals surface area contributed by atoms with Gasteiger partial charge in [-0.05, 0) is 0 Å². The minimum Gasteiger partial charge on any atom is -0.454 e. The average Bonchev–Trinajstić information content (AvgIpc) is 2.76. The highest BCUT2D eigenvalue weighted by Gasteiger charge is 2.19. The first-order valence-corrected chi connectivity index (χ1v) is 5.60. The Morgan fingerprint density at radius 1 is 1.50 bits per heavy atom. The molecule has 6 heteroatoms. The maximum absolute atomic E-state index is 11.8. The maximum atomic E-state index is 11.8. The molecule has 1 aromatic carbocycles. The number of nitrogens with two attached hydrogens (primary N) is 1. The van der Waals surface area contributed by atoms with Gasteiger partial charge in [0, 0.05) is 19.2 Å². The lowest BCUT2D eigenvalue weighted by atomic mass is 10.1. The van der Waals surface area contributed by atoms with Crippen molar-refractivity contribution in [2.75, 3.05) is 31.6 Å². The number of hydrogen-bond donors (Lipinski definition) is 2. The number of carbonyl (C=O) groups is 1. The van der Waals surface area contributed by atoms with Crippen molar-refractivity contribution in [3.63, 3.8) is 0 Å². The normalized spacial score (nSPS) is 14.3. The first-order valence-electron chi connectivity index (χ1n) is 5.60. The van der Waals surface area contributed by atoms with Gasteiger partial charge >= 0.3 is 0 Å². The Hall–Kier alpha value is -1.95. The van der Waals surface area contributed by atoms with E-state index in [1.165, 1.54) is 0 Å². The second-order valence-electron chi connectivity index (χ2n) is 4.14. The van der Waals surface area contributed by atoms with E-state index in [9.17, 15) is 4.79 Å². The van der Waals surface area contributed by atoms with Crippen molar-refractivity contribution in [2.24, 2.45) is 5.92 Å². The van der Waals surface area contributed by atoms with Crippen LogP contribution in [0.1, 0.15) is 6.92 Å². The van der Waals surface area contributed by atoms with Crippen molar-refractivity contribution in [2.45, 2.75) is 6.92 Å². The first-order chi connectivity index (χ1) is 8.61. The molecule has 1 heterocycles. The van der Waals surface area contributed by atoms with E-state index in [1.807, 2.05) is 0 Å². The van der Waals surface area contributed by atoms with E-state index in [-0.39, 0.29) is 18.6 Å². The Morgan fingerprint density at radius 2 is 2.17 bits per heavy atom. The largest absolute Gasteiger partial charge is 0.454 e. The zero-order chi connectivity index (χ0) is 13.1. The predicted molar refractivity (Wildman–Crippen MR) is 66.6 cm³/mol. The number of amides is 1. The fourth-order valence-corrected chi connectivity index (χ4v) is 1.65. The highest BCUT2D eigenvalue weighted by atomic mass is 16.7. The van der Waals surface area contributed by atoms with Gasteiger partial charge in [-0.25, -0.2) is 0 Å². The molecule has 18 heavy (non-hydrogen) atoms. The average molecular weight is 252 g/mol. The summed E-state index contributed by atoms with van der Waals surface area (Å²) in [6.45, 7) is 2.31.